The Balaban J connectivity index is 2.44. The number of aryl methyl sites for hydroxylation is 2. The zero-order chi connectivity index (χ0) is 45.9. The standard InChI is InChI=1S/C50H82NO10P/c1-8-10-27-33-45(52)34-29-23-19-17-15-13-12-14-16-18-20-25-31-37-49(53)57-41-46(42-59-62(55,56)58-40-39-51(5,6)7)60-50(54)38-32-26-22-21-24-30-36-48-44(4)43(3)47(61-48)35-28-11-9-2/h10,13-16,19-20,23,25,27,29,34,45-46,52H,8-9,11-12,17-18,21-22,24,26,28,30-33,35-42H2,1-7H3/p+1/b15-13-,16-14-,23-19+,25-20-,27-10-,34-29+/t45?,46-/m1/s1. The van der Waals surface area contributed by atoms with Crippen LogP contribution in [-0.2, 0) is 45.5 Å². The van der Waals surface area contributed by atoms with Gasteiger partial charge in [-0.2, -0.15) is 0 Å². The first-order valence-corrected chi connectivity index (χ1v) is 24.6. The summed E-state index contributed by atoms with van der Waals surface area (Å²) in [4.78, 5) is 35.5. The van der Waals surface area contributed by atoms with E-state index in [0.29, 0.717) is 30.3 Å². The number of quaternary nitrogens is 1. The Kier molecular flexibility index (Phi) is 32.1. The number of phosphoric acid groups is 1. The quantitative estimate of drug-likeness (QED) is 0.0166. The van der Waals surface area contributed by atoms with Gasteiger partial charge < -0.3 is 28.4 Å². The number of hydrogen-bond donors (Lipinski definition) is 2. The molecule has 0 bridgehead atoms. The number of carbonyl (C=O) groups is 2. The monoisotopic (exact) mass is 889 g/mol. The minimum atomic E-state index is -4.42. The third-order valence-corrected chi connectivity index (χ3v) is 11.0. The molecule has 352 valence electrons. The lowest BCUT2D eigenvalue weighted by Gasteiger charge is -2.24. The normalized spacial score (nSPS) is 14.7. The van der Waals surface area contributed by atoms with E-state index in [1.165, 1.54) is 30.4 Å². The molecular weight excluding hydrogens is 806 g/mol. The van der Waals surface area contributed by atoms with Gasteiger partial charge in [0, 0.05) is 25.7 Å². The van der Waals surface area contributed by atoms with Gasteiger partial charge in [-0.15, -0.1) is 0 Å². The lowest BCUT2D eigenvalue weighted by atomic mass is 10.0. The average Bonchev–Trinajstić information content (AvgIpc) is 3.48. The number of aliphatic hydroxyl groups is 1. The first-order chi connectivity index (χ1) is 29.7. The maximum absolute atomic E-state index is 12.8. The number of esters is 2. The van der Waals surface area contributed by atoms with Crippen LogP contribution in [0.2, 0.25) is 0 Å². The second kappa shape index (κ2) is 35.1. The van der Waals surface area contributed by atoms with E-state index >= 15 is 0 Å². The number of unbranched alkanes of at least 4 members (excludes halogenated alkanes) is 7. The Morgan fingerprint density at radius 3 is 1.94 bits per heavy atom. The van der Waals surface area contributed by atoms with Crippen LogP contribution in [0.3, 0.4) is 0 Å². The van der Waals surface area contributed by atoms with Gasteiger partial charge in [0.05, 0.1) is 33.9 Å². The highest BCUT2D eigenvalue weighted by atomic mass is 31.2. The van der Waals surface area contributed by atoms with Crippen LogP contribution in [0.1, 0.15) is 146 Å². The van der Waals surface area contributed by atoms with Gasteiger partial charge in [-0.25, -0.2) is 4.57 Å². The molecule has 2 N–H and O–H groups in total. The molecule has 0 fully saturated rings. The van der Waals surface area contributed by atoms with Crippen LogP contribution in [-0.4, -0.2) is 86.1 Å². The molecular formula is C50H83NO10P+. The molecule has 0 saturated heterocycles. The van der Waals surface area contributed by atoms with E-state index in [9.17, 15) is 24.2 Å². The maximum Gasteiger partial charge on any atom is 0.472 e. The Hall–Kier alpha value is -3.31. The summed E-state index contributed by atoms with van der Waals surface area (Å²) < 4.78 is 40.5. The number of hydrogen-bond acceptors (Lipinski definition) is 9. The second-order valence-corrected chi connectivity index (χ2v) is 18.3. The van der Waals surface area contributed by atoms with Crippen LogP contribution in [0.15, 0.2) is 77.3 Å². The fourth-order valence-electron chi connectivity index (χ4n) is 6.12. The second-order valence-electron chi connectivity index (χ2n) is 16.8. The van der Waals surface area contributed by atoms with Gasteiger partial charge in [-0.1, -0.05) is 125 Å². The third kappa shape index (κ3) is 31.5. The maximum atomic E-state index is 12.8. The third-order valence-electron chi connectivity index (χ3n) is 10.0. The Labute approximate surface area is 375 Å². The van der Waals surface area contributed by atoms with Gasteiger partial charge in [0.25, 0.3) is 0 Å². The molecule has 0 radical (unpaired) electrons. The highest BCUT2D eigenvalue weighted by Gasteiger charge is 2.27. The molecule has 0 saturated carbocycles. The fourth-order valence-corrected chi connectivity index (χ4v) is 6.87. The first-order valence-electron chi connectivity index (χ1n) is 23.1. The minimum absolute atomic E-state index is 0.000937. The minimum Gasteiger partial charge on any atom is -0.466 e. The first kappa shape index (κ1) is 56.7. The van der Waals surface area contributed by atoms with Gasteiger partial charge in [0.1, 0.15) is 31.3 Å². The molecule has 11 nitrogen and oxygen atoms in total. The number of rotatable bonds is 37. The molecule has 0 spiro atoms. The van der Waals surface area contributed by atoms with Crippen molar-refractivity contribution in [3.05, 3.63) is 95.6 Å². The number of aliphatic hydroxyl groups excluding tert-OH is 1. The smallest absolute Gasteiger partial charge is 0.466 e. The van der Waals surface area contributed by atoms with Crippen molar-refractivity contribution >= 4 is 19.8 Å². The highest BCUT2D eigenvalue weighted by Crippen LogP contribution is 2.43. The molecule has 0 aliphatic carbocycles. The predicted molar refractivity (Wildman–Crippen MR) is 252 cm³/mol. The number of allylic oxidation sites excluding steroid dienone is 10. The SMILES string of the molecule is CC/C=C\CC(O)/C=C/C=C/C/C=C\C/C=C\C/C=C\CCC(=O)OC[C@H](COP(=O)(O)OCC[N+](C)(C)C)OC(=O)CCCCCCCCc1oc(CCCCC)c(C)c1C. The zero-order valence-electron chi connectivity index (χ0n) is 39.4. The average molecular weight is 889 g/mol. The largest absolute Gasteiger partial charge is 0.472 e. The number of furan rings is 1. The van der Waals surface area contributed by atoms with E-state index < -0.39 is 38.6 Å². The van der Waals surface area contributed by atoms with Crippen molar-refractivity contribution in [3.63, 3.8) is 0 Å². The topological polar surface area (TPSA) is 142 Å². The van der Waals surface area contributed by atoms with Gasteiger partial charge in [0.15, 0.2) is 6.10 Å². The van der Waals surface area contributed by atoms with Crippen molar-refractivity contribution in [1.82, 2.24) is 0 Å². The lowest BCUT2D eigenvalue weighted by molar-refractivity contribution is -0.870. The van der Waals surface area contributed by atoms with Crippen LogP contribution >= 0.6 is 7.82 Å². The van der Waals surface area contributed by atoms with E-state index in [0.717, 1.165) is 82.1 Å². The Morgan fingerprint density at radius 1 is 0.710 bits per heavy atom. The molecule has 62 heavy (non-hydrogen) atoms. The summed E-state index contributed by atoms with van der Waals surface area (Å²) in [6, 6.07) is 0. The molecule has 1 heterocycles. The number of ether oxygens (including phenoxy) is 2. The van der Waals surface area contributed by atoms with Crippen molar-refractivity contribution < 1.29 is 51.6 Å². The van der Waals surface area contributed by atoms with Gasteiger partial charge >= 0.3 is 19.8 Å². The summed E-state index contributed by atoms with van der Waals surface area (Å²) >= 11 is 0. The molecule has 0 aromatic carbocycles. The van der Waals surface area contributed by atoms with Crippen LogP contribution in [0.4, 0.5) is 0 Å². The number of phosphoric ester groups is 1. The summed E-state index contributed by atoms with van der Waals surface area (Å²) in [5, 5.41) is 9.86. The Morgan fingerprint density at radius 2 is 1.31 bits per heavy atom. The highest BCUT2D eigenvalue weighted by molar-refractivity contribution is 7.47. The van der Waals surface area contributed by atoms with Crippen molar-refractivity contribution in [3.8, 4) is 0 Å². The molecule has 1 aromatic rings. The van der Waals surface area contributed by atoms with Gasteiger partial charge in [-0.05, 0) is 82.8 Å². The van der Waals surface area contributed by atoms with Crippen molar-refractivity contribution in [2.24, 2.45) is 0 Å². The molecule has 0 aliphatic heterocycles. The van der Waals surface area contributed by atoms with Crippen LogP contribution in [0.25, 0.3) is 0 Å². The number of carbonyl (C=O) groups excluding carboxylic acids is 2. The van der Waals surface area contributed by atoms with E-state index in [4.69, 9.17) is 22.9 Å². The van der Waals surface area contributed by atoms with Crippen molar-refractivity contribution in [2.45, 2.75) is 162 Å². The molecule has 1 rings (SSSR count). The zero-order valence-corrected chi connectivity index (χ0v) is 40.3. The fraction of sp³-hybridized carbons (Fsp3) is 0.640. The van der Waals surface area contributed by atoms with Gasteiger partial charge in [0.2, 0.25) is 0 Å². The van der Waals surface area contributed by atoms with E-state index in [2.05, 4.69) is 52.0 Å². The van der Waals surface area contributed by atoms with Crippen LogP contribution in [0, 0.1) is 13.8 Å². The lowest BCUT2D eigenvalue weighted by Crippen LogP contribution is -2.37. The summed E-state index contributed by atoms with van der Waals surface area (Å²) in [5.74, 6) is 1.30. The molecule has 0 amide bonds. The van der Waals surface area contributed by atoms with Crippen LogP contribution < -0.4 is 0 Å². The molecule has 12 heteroatoms. The number of nitrogens with zero attached hydrogens (tertiary/aromatic N) is 1. The summed E-state index contributed by atoms with van der Waals surface area (Å²) in [6.07, 6.45) is 38.5. The van der Waals surface area contributed by atoms with Crippen LogP contribution in [0.5, 0.6) is 0 Å². The summed E-state index contributed by atoms with van der Waals surface area (Å²) in [5.41, 5.74) is 2.58. The summed E-state index contributed by atoms with van der Waals surface area (Å²) in [7, 11) is 1.37. The van der Waals surface area contributed by atoms with Crippen molar-refractivity contribution in [1.29, 1.82) is 0 Å². The number of likely N-dealkylation sites (N-methyl/N-ethyl adjacent to an activating group) is 1. The summed E-state index contributed by atoms with van der Waals surface area (Å²) in [6.45, 7) is 8.34. The molecule has 1 aromatic heterocycles. The van der Waals surface area contributed by atoms with Gasteiger partial charge in [-0.3, -0.25) is 18.6 Å². The van der Waals surface area contributed by atoms with E-state index in [1.54, 1.807) is 6.08 Å². The molecule has 3 atom stereocenters. The van der Waals surface area contributed by atoms with Crippen molar-refractivity contribution in [2.75, 3.05) is 47.5 Å². The van der Waals surface area contributed by atoms with E-state index in [1.807, 2.05) is 63.7 Å². The Bertz CT molecular complexity index is 1580. The predicted octanol–water partition coefficient (Wildman–Crippen LogP) is 11.6. The van der Waals surface area contributed by atoms with E-state index in [-0.39, 0.29) is 26.1 Å². The molecule has 2 unspecified atom stereocenters. The molecule has 0 aliphatic rings.